The minimum absolute atomic E-state index is 0.303. The van der Waals surface area contributed by atoms with E-state index in [1.807, 2.05) is 0 Å². The van der Waals surface area contributed by atoms with E-state index >= 15 is 0 Å². The zero-order valence-electron chi connectivity index (χ0n) is 38.3. The highest BCUT2D eigenvalue weighted by Crippen LogP contribution is 2.80. The molecule has 316 valence electrons. The first-order valence-electron chi connectivity index (χ1n) is 28.0. The van der Waals surface area contributed by atoms with Crippen LogP contribution in [0.4, 0.5) is 0 Å². The van der Waals surface area contributed by atoms with Gasteiger partial charge in [0.2, 0.25) is 0 Å². The third-order valence-corrected chi connectivity index (χ3v) is 25.4. The van der Waals surface area contributed by atoms with Crippen molar-refractivity contribution in [2.24, 2.45) is 0 Å². The molecule has 0 radical (unpaired) electrons. The fraction of sp³-hybridized carbons (Fsp3) is 0.141. The number of aliphatic carboxylic acids is 1. The Kier molecular flexibility index (Phi) is 2.88. The topological polar surface area (TPSA) is 37.3 Å². The normalized spacial score (nSPS) is 17.3. The fourth-order valence-electron chi connectivity index (χ4n) is 24.7. The van der Waals surface area contributed by atoms with Crippen molar-refractivity contribution in [1.82, 2.24) is 0 Å². The highest BCUT2D eigenvalue weighted by Gasteiger charge is 2.52. The van der Waals surface area contributed by atoms with Crippen LogP contribution >= 0.6 is 0 Å². The van der Waals surface area contributed by atoms with Gasteiger partial charge < -0.3 is 5.11 Å². The molecule has 0 unspecified atom stereocenters. The molecule has 30 aromatic rings. The van der Waals surface area contributed by atoms with Gasteiger partial charge in [0, 0.05) is 12.3 Å². The molecule has 0 saturated carbocycles. The number of rotatable bonds is 10. The van der Waals surface area contributed by atoms with Crippen molar-refractivity contribution in [3.05, 3.63) is 11.1 Å². The van der Waals surface area contributed by atoms with E-state index in [4.69, 9.17) is 0 Å². The maximum Gasteiger partial charge on any atom is 0.303 e. The van der Waals surface area contributed by atoms with Crippen molar-refractivity contribution in [2.75, 3.05) is 0 Å². The van der Waals surface area contributed by atoms with Crippen LogP contribution in [0.3, 0.4) is 0 Å². The number of benzene rings is 19. The molecule has 0 aromatic heterocycles. The molecule has 1 aliphatic rings. The van der Waals surface area contributed by atoms with Crippen LogP contribution in [0.2, 0.25) is 0 Å². The molecule has 0 spiro atoms. The van der Waals surface area contributed by atoms with Crippen LogP contribution in [-0.4, -0.2) is 11.1 Å². The third-order valence-electron chi connectivity index (χ3n) is 25.4. The number of unbranched alkanes of at least 4 members (excludes halogenated alkanes) is 6. The number of carboxylic acids is 1. The average molecular weight is 905 g/mol. The molecule has 0 fully saturated rings. The zero-order chi connectivity index (χ0) is 44.2. The van der Waals surface area contributed by atoms with E-state index in [0.717, 1.165) is 19.3 Å². The van der Waals surface area contributed by atoms with Gasteiger partial charge in [0.15, 0.2) is 0 Å². The molecule has 31 rings (SSSR count). The lowest BCUT2D eigenvalue weighted by atomic mass is 9.71. The van der Waals surface area contributed by atoms with Gasteiger partial charge in [-0.25, -0.2) is 0 Å². The van der Waals surface area contributed by atoms with Gasteiger partial charge >= 0.3 is 5.97 Å². The van der Waals surface area contributed by atoms with Crippen molar-refractivity contribution >= 4 is 318 Å². The number of hydrogen-bond acceptors (Lipinski definition) is 1. The zero-order valence-corrected chi connectivity index (χ0v) is 38.3. The summed E-state index contributed by atoms with van der Waals surface area (Å²) in [5, 5.41) is 106. The van der Waals surface area contributed by atoms with Crippen molar-refractivity contribution in [2.45, 2.75) is 63.7 Å². The van der Waals surface area contributed by atoms with Gasteiger partial charge in [-0.3, -0.25) is 4.79 Å². The molecule has 0 aliphatic heterocycles. The molecule has 1 aliphatic carbocycles. The van der Waals surface area contributed by atoms with E-state index in [2.05, 4.69) is 0 Å². The lowest BCUT2D eigenvalue weighted by Crippen LogP contribution is -2.09. The summed E-state index contributed by atoms with van der Waals surface area (Å²) in [6.45, 7) is 0. The molecule has 0 atom stereocenters. The minimum atomic E-state index is -0.656. The molecule has 0 amide bonds. The Hall–Kier alpha value is -8.33. The van der Waals surface area contributed by atoms with Gasteiger partial charge in [-0.2, -0.15) is 0 Å². The molecule has 0 saturated heterocycles. The Morgan fingerprint density at radius 1 is 0.205 bits per heavy atom. The lowest BCUT2D eigenvalue weighted by Gasteiger charge is -2.30. The quantitative estimate of drug-likeness (QED) is 0.110. The Morgan fingerprint density at radius 3 is 0.521 bits per heavy atom. The highest BCUT2D eigenvalue weighted by molar-refractivity contribution is 6.84. The van der Waals surface area contributed by atoms with Gasteiger partial charge in [0.1, 0.15) is 0 Å². The van der Waals surface area contributed by atoms with E-state index in [1.54, 1.807) is 324 Å². The Bertz CT molecular complexity index is 6990. The standard InChI is InChI=1S/C71H20O2/c72-11(73)9-7-5-3-1-2-4-6-8-10-12-14-18-15-13(10)17-20-19-16(12)23-26-21(14)32-34-25(18)35-33-22(15)27-24(17)31-29(20)39-38-28(19)30(23)40-46-36(26)42(32)52-54-44(34)45(35)55-53-43(33)37(27)47-41(31)51-49(39)58-48(38)50(40)59-56(46)61(52)68-63(54)64(55)69-62(53)57(47)60(51)67-65(58)66(59)70(68)71(67)69/h10H,1-9H2,(H,72,73). The van der Waals surface area contributed by atoms with Crippen molar-refractivity contribution in [3.63, 3.8) is 0 Å². The van der Waals surface area contributed by atoms with Crippen LogP contribution < -0.4 is 0 Å². The van der Waals surface area contributed by atoms with Crippen LogP contribution in [0, 0.1) is 0 Å². The number of fused-ring (bicyclic) bond motifs is 5. The van der Waals surface area contributed by atoms with Gasteiger partial charge in [0.25, 0.3) is 0 Å². The van der Waals surface area contributed by atoms with Crippen LogP contribution in [0.5, 0.6) is 0 Å². The first-order valence-corrected chi connectivity index (χ1v) is 28.0. The smallest absolute Gasteiger partial charge is 0.303 e. The highest BCUT2D eigenvalue weighted by atomic mass is 16.4. The predicted molar refractivity (Wildman–Crippen MR) is 312 cm³/mol. The third kappa shape index (κ3) is 1.79. The van der Waals surface area contributed by atoms with Crippen molar-refractivity contribution in [1.29, 1.82) is 0 Å². The molecule has 30 aromatic carbocycles. The van der Waals surface area contributed by atoms with Gasteiger partial charge in [-0.15, -0.1) is 0 Å². The summed E-state index contributed by atoms with van der Waals surface area (Å²) in [7, 11) is 0. The SMILES string of the molecule is O=C(O)CCCCCCCCCC1c2c3c4c5c1c1c6c7c2c2c8c3c3c9c4c4c%10c5c5c1c1c6c6c%11c7c2c2c7c8c3c3c8c9c4c4c9c%10c5c5c1c1c6c6c%11c2c2c7c3c3c8c4c4c9c5c1c1c6c2c3c41. The van der Waals surface area contributed by atoms with Crippen LogP contribution in [-0.2, 0) is 4.79 Å². The summed E-state index contributed by atoms with van der Waals surface area (Å²) in [6.07, 6.45) is 9.41. The second-order valence-corrected chi connectivity index (χ2v) is 26.5. The molecule has 1 N–H and O–H groups in total. The van der Waals surface area contributed by atoms with E-state index in [-0.39, 0.29) is 0 Å². The average Bonchev–Trinajstić information content (AvgIpc) is 4.37. The molecular weight excluding hydrogens is 885 g/mol. The van der Waals surface area contributed by atoms with E-state index in [9.17, 15) is 9.90 Å². The van der Waals surface area contributed by atoms with Crippen LogP contribution in [0.25, 0.3) is 312 Å². The monoisotopic (exact) mass is 904 g/mol. The van der Waals surface area contributed by atoms with Gasteiger partial charge in [-0.1, -0.05) is 38.5 Å². The van der Waals surface area contributed by atoms with Gasteiger partial charge in [0.05, 0.1) is 0 Å². The molecular formula is C71H20O2. The number of carbonyl (C=O) groups is 1. The summed E-state index contributed by atoms with van der Waals surface area (Å²) in [6, 6.07) is 0. The maximum atomic E-state index is 11.3. The Balaban J connectivity index is 1.01. The van der Waals surface area contributed by atoms with Crippen molar-refractivity contribution in [3.8, 4) is 0 Å². The second kappa shape index (κ2) is 7.18. The number of hydrogen-bond donors (Lipinski definition) is 1. The molecule has 2 heteroatoms. The first kappa shape index (κ1) is 29.3. The largest absolute Gasteiger partial charge is 0.481 e. The molecule has 2 nitrogen and oxygen atoms in total. The summed E-state index contributed by atoms with van der Waals surface area (Å²) >= 11 is 0. The minimum Gasteiger partial charge on any atom is -0.481 e. The maximum absolute atomic E-state index is 11.3. The van der Waals surface area contributed by atoms with E-state index in [1.165, 1.54) is 32.1 Å². The molecule has 0 heterocycles. The molecule has 0 bridgehead atoms. The summed E-state index contributed by atoms with van der Waals surface area (Å²) in [5.41, 5.74) is 3.49. The summed E-state index contributed by atoms with van der Waals surface area (Å²) in [5.74, 6) is -0.312. The Morgan fingerprint density at radius 2 is 0.342 bits per heavy atom. The molecule has 73 heavy (non-hydrogen) atoms. The summed E-state index contributed by atoms with van der Waals surface area (Å²) in [4.78, 5) is 11.3. The van der Waals surface area contributed by atoms with Crippen molar-refractivity contribution < 1.29 is 9.90 Å². The predicted octanol–water partition coefficient (Wildman–Crippen LogP) is 20.7. The van der Waals surface area contributed by atoms with E-state index < -0.39 is 5.97 Å². The number of carboxylic acid groups (broad SMARTS) is 1. The second-order valence-electron chi connectivity index (χ2n) is 26.5. The Labute approximate surface area is 401 Å². The fourth-order valence-corrected chi connectivity index (χ4v) is 24.7. The lowest BCUT2D eigenvalue weighted by molar-refractivity contribution is -0.137. The summed E-state index contributed by atoms with van der Waals surface area (Å²) < 4.78 is 0. The van der Waals surface area contributed by atoms with Gasteiger partial charge in [-0.05, 0) is 336 Å². The van der Waals surface area contributed by atoms with E-state index in [0.29, 0.717) is 12.3 Å². The van der Waals surface area contributed by atoms with Crippen LogP contribution in [0.1, 0.15) is 74.8 Å². The first-order chi connectivity index (χ1) is 36.3. The van der Waals surface area contributed by atoms with Crippen LogP contribution in [0.15, 0.2) is 0 Å².